The molecule has 0 fully saturated rings. The van der Waals surface area contributed by atoms with Gasteiger partial charge in [-0.15, -0.1) is 0 Å². The van der Waals surface area contributed by atoms with Crippen molar-refractivity contribution in [1.29, 1.82) is 0 Å². The monoisotopic (exact) mass is 275 g/mol. The maximum atomic E-state index is 12.2. The topological polar surface area (TPSA) is 39.1 Å². The van der Waals surface area contributed by atoms with Crippen LogP contribution in [0.2, 0.25) is 0 Å². The first-order valence-corrected chi connectivity index (χ1v) is 6.40. The molecule has 0 saturated heterocycles. The Hall–Kier alpha value is -1.87. The second kappa shape index (κ2) is 5.85. The van der Waals surface area contributed by atoms with E-state index in [4.69, 9.17) is 11.6 Å². The molecule has 98 valence electrons. The Morgan fingerprint density at radius 1 is 1.16 bits per heavy atom. The molecular formula is C15H14ClNO2. The number of carbonyl (C=O) groups is 1. The van der Waals surface area contributed by atoms with Crippen molar-refractivity contribution in [3.05, 3.63) is 58.4 Å². The summed E-state index contributed by atoms with van der Waals surface area (Å²) in [6, 6.07) is 13.4. The second-order valence-corrected chi connectivity index (χ2v) is 4.75. The fourth-order valence-electron chi connectivity index (χ4n) is 2.01. The predicted octanol–water partition coefficient (Wildman–Crippen LogP) is 2.75. The van der Waals surface area contributed by atoms with Crippen LogP contribution in [0.3, 0.4) is 0 Å². The van der Waals surface area contributed by atoms with Gasteiger partial charge in [-0.25, -0.2) is 0 Å². The van der Waals surface area contributed by atoms with Crippen LogP contribution in [0.15, 0.2) is 47.3 Å². The Balaban J connectivity index is 2.38. The highest BCUT2D eigenvalue weighted by Crippen LogP contribution is 2.17. The van der Waals surface area contributed by atoms with Crippen LogP contribution < -0.4 is 5.56 Å². The summed E-state index contributed by atoms with van der Waals surface area (Å²) < 4.78 is 1.60. The summed E-state index contributed by atoms with van der Waals surface area (Å²) in [6.45, 7) is 0. The van der Waals surface area contributed by atoms with E-state index in [2.05, 4.69) is 0 Å². The third kappa shape index (κ3) is 3.12. The zero-order chi connectivity index (χ0) is 13.8. The summed E-state index contributed by atoms with van der Waals surface area (Å²) in [4.78, 5) is 22.9. The molecule has 2 aromatic rings. The fraction of sp³-hybridized carbons (Fsp3) is 0.200. The first-order valence-electron chi connectivity index (χ1n) is 6.02. The Kier molecular flexibility index (Phi) is 4.17. The lowest BCUT2D eigenvalue weighted by molar-refractivity contribution is -0.111. The molecule has 0 radical (unpaired) electrons. The second-order valence-electron chi connectivity index (χ2n) is 4.33. The summed E-state index contributed by atoms with van der Waals surface area (Å²) in [6.07, 6.45) is 0.561. The summed E-state index contributed by atoms with van der Waals surface area (Å²) in [7, 11) is 1.73. The van der Waals surface area contributed by atoms with Crippen LogP contribution in [-0.4, -0.2) is 9.81 Å². The molecule has 3 nitrogen and oxygen atoms in total. The minimum atomic E-state index is -0.422. The molecule has 1 aromatic carbocycles. The van der Waals surface area contributed by atoms with Crippen molar-refractivity contribution in [2.75, 3.05) is 0 Å². The number of benzene rings is 1. The van der Waals surface area contributed by atoms with Crippen LogP contribution in [0.1, 0.15) is 12.0 Å². The Morgan fingerprint density at radius 2 is 1.84 bits per heavy atom. The van der Waals surface area contributed by atoms with E-state index >= 15 is 0 Å². The van der Waals surface area contributed by atoms with E-state index in [0.717, 1.165) is 11.3 Å². The van der Waals surface area contributed by atoms with Gasteiger partial charge < -0.3 is 4.57 Å². The van der Waals surface area contributed by atoms with E-state index in [0.29, 0.717) is 12.0 Å². The molecule has 0 saturated carbocycles. The summed E-state index contributed by atoms with van der Waals surface area (Å²) in [5.41, 5.74) is 2.36. The van der Waals surface area contributed by atoms with Crippen LogP contribution >= 0.6 is 11.6 Å². The van der Waals surface area contributed by atoms with Gasteiger partial charge in [0.1, 0.15) is 0 Å². The standard InChI is InChI=1S/C15H14ClNO2/c1-17-13(11-5-3-2-4-6-11)9-7-12(15(17)19)8-10-14(16)18/h2-7,9H,8,10H2,1H3. The number of aromatic nitrogens is 1. The Bertz CT molecular complexity index is 647. The third-order valence-corrected chi connectivity index (χ3v) is 3.23. The lowest BCUT2D eigenvalue weighted by atomic mass is 10.1. The van der Waals surface area contributed by atoms with Gasteiger partial charge in [0.15, 0.2) is 0 Å². The lowest BCUT2D eigenvalue weighted by Gasteiger charge is -2.10. The van der Waals surface area contributed by atoms with E-state index in [1.165, 1.54) is 0 Å². The van der Waals surface area contributed by atoms with Crippen molar-refractivity contribution >= 4 is 16.8 Å². The van der Waals surface area contributed by atoms with Crippen molar-refractivity contribution in [2.45, 2.75) is 12.8 Å². The lowest BCUT2D eigenvalue weighted by Crippen LogP contribution is -2.22. The number of nitrogens with zero attached hydrogens (tertiary/aromatic N) is 1. The van der Waals surface area contributed by atoms with Gasteiger partial charge in [0.25, 0.3) is 5.56 Å². The number of halogens is 1. The third-order valence-electron chi connectivity index (χ3n) is 3.04. The smallest absolute Gasteiger partial charge is 0.253 e. The van der Waals surface area contributed by atoms with Crippen LogP contribution in [0.4, 0.5) is 0 Å². The average molecular weight is 276 g/mol. The van der Waals surface area contributed by atoms with Gasteiger partial charge in [-0.05, 0) is 29.7 Å². The van der Waals surface area contributed by atoms with E-state index < -0.39 is 5.24 Å². The average Bonchev–Trinajstić information content (AvgIpc) is 2.41. The van der Waals surface area contributed by atoms with E-state index in [1.807, 2.05) is 36.4 Å². The molecule has 0 N–H and O–H groups in total. The van der Waals surface area contributed by atoms with Gasteiger partial charge in [-0.2, -0.15) is 0 Å². The quantitative estimate of drug-likeness (QED) is 0.805. The molecular weight excluding hydrogens is 262 g/mol. The van der Waals surface area contributed by atoms with Gasteiger partial charge in [0, 0.05) is 19.0 Å². The van der Waals surface area contributed by atoms with Gasteiger partial charge >= 0.3 is 0 Å². The number of hydrogen-bond acceptors (Lipinski definition) is 2. The fourth-order valence-corrected chi connectivity index (χ4v) is 2.10. The largest absolute Gasteiger partial charge is 0.311 e. The molecule has 0 bridgehead atoms. The normalized spacial score (nSPS) is 10.4. The van der Waals surface area contributed by atoms with Crippen LogP contribution in [0, 0.1) is 0 Å². The molecule has 0 atom stereocenters. The van der Waals surface area contributed by atoms with Gasteiger partial charge in [-0.1, -0.05) is 36.4 Å². The van der Waals surface area contributed by atoms with Crippen molar-refractivity contribution in [1.82, 2.24) is 4.57 Å². The minimum absolute atomic E-state index is 0.0840. The molecule has 19 heavy (non-hydrogen) atoms. The molecule has 0 aliphatic heterocycles. The van der Waals surface area contributed by atoms with Crippen molar-refractivity contribution < 1.29 is 4.79 Å². The van der Waals surface area contributed by atoms with Crippen molar-refractivity contribution in [2.24, 2.45) is 7.05 Å². The molecule has 2 rings (SSSR count). The van der Waals surface area contributed by atoms with Gasteiger partial charge in [0.2, 0.25) is 5.24 Å². The SMILES string of the molecule is Cn1c(-c2ccccc2)ccc(CCC(=O)Cl)c1=O. The highest BCUT2D eigenvalue weighted by molar-refractivity contribution is 6.63. The van der Waals surface area contributed by atoms with Crippen LogP contribution in [0.5, 0.6) is 0 Å². The molecule has 0 amide bonds. The molecule has 0 unspecified atom stereocenters. The van der Waals surface area contributed by atoms with E-state index in [1.54, 1.807) is 17.7 Å². The first-order chi connectivity index (χ1) is 9.09. The Morgan fingerprint density at radius 3 is 2.47 bits per heavy atom. The summed E-state index contributed by atoms with van der Waals surface area (Å²) in [5, 5.41) is -0.422. The number of carbonyl (C=O) groups excluding carboxylic acids is 1. The van der Waals surface area contributed by atoms with Gasteiger partial charge in [-0.3, -0.25) is 9.59 Å². The molecule has 0 aliphatic carbocycles. The first kappa shape index (κ1) is 13.6. The van der Waals surface area contributed by atoms with Crippen molar-refractivity contribution in [3.63, 3.8) is 0 Å². The van der Waals surface area contributed by atoms with E-state index in [-0.39, 0.29) is 12.0 Å². The molecule has 1 heterocycles. The summed E-state index contributed by atoms with van der Waals surface area (Å²) in [5.74, 6) is 0. The number of rotatable bonds is 4. The molecule has 0 aliphatic rings. The highest BCUT2D eigenvalue weighted by atomic mass is 35.5. The van der Waals surface area contributed by atoms with Crippen LogP contribution in [0.25, 0.3) is 11.3 Å². The molecule has 1 aromatic heterocycles. The molecule has 0 spiro atoms. The summed E-state index contributed by atoms with van der Waals surface area (Å²) >= 11 is 5.30. The highest BCUT2D eigenvalue weighted by Gasteiger charge is 2.08. The minimum Gasteiger partial charge on any atom is -0.311 e. The maximum Gasteiger partial charge on any atom is 0.253 e. The van der Waals surface area contributed by atoms with Gasteiger partial charge in [0.05, 0.1) is 5.69 Å². The predicted molar refractivity (Wildman–Crippen MR) is 76.3 cm³/mol. The van der Waals surface area contributed by atoms with E-state index in [9.17, 15) is 9.59 Å². The number of aryl methyl sites for hydroxylation is 1. The zero-order valence-corrected chi connectivity index (χ0v) is 11.4. The number of pyridine rings is 1. The zero-order valence-electron chi connectivity index (χ0n) is 10.6. The molecule has 4 heteroatoms. The Labute approximate surface area is 116 Å². The van der Waals surface area contributed by atoms with Crippen molar-refractivity contribution in [3.8, 4) is 11.3 Å². The maximum absolute atomic E-state index is 12.2. The van der Waals surface area contributed by atoms with Crippen LogP contribution in [-0.2, 0) is 18.3 Å². The number of hydrogen-bond donors (Lipinski definition) is 0.